The number of fused-ring (bicyclic) bond motifs is 2. The van der Waals surface area contributed by atoms with Gasteiger partial charge in [0, 0.05) is 31.2 Å². The van der Waals surface area contributed by atoms with Crippen LogP contribution in [0.1, 0.15) is 46.5 Å². The zero-order chi connectivity index (χ0) is 15.0. The van der Waals surface area contributed by atoms with E-state index < -0.39 is 5.60 Å². The maximum Gasteiger partial charge on any atom is 0.323 e. The Labute approximate surface area is 127 Å². The maximum absolute atomic E-state index is 12.3. The van der Waals surface area contributed by atoms with E-state index in [2.05, 4.69) is 15.5 Å². The summed E-state index contributed by atoms with van der Waals surface area (Å²) < 4.78 is 5.55. The zero-order valence-electron chi connectivity index (χ0n) is 13.5. The molecular formula is C16H29N3O2. The van der Waals surface area contributed by atoms with Crippen LogP contribution >= 0.6 is 0 Å². The number of hydrogen-bond donors (Lipinski definition) is 2. The summed E-state index contributed by atoms with van der Waals surface area (Å²) in [4.78, 5) is 15.0. The van der Waals surface area contributed by atoms with Crippen LogP contribution in [0.15, 0.2) is 0 Å². The lowest BCUT2D eigenvalue weighted by atomic mass is 9.95. The molecule has 0 unspecified atom stereocenters. The molecule has 3 fully saturated rings. The maximum atomic E-state index is 12.3. The molecule has 3 aliphatic rings. The molecule has 5 heteroatoms. The van der Waals surface area contributed by atoms with Gasteiger partial charge in [-0.1, -0.05) is 0 Å². The predicted octanol–water partition coefficient (Wildman–Crippen LogP) is 0.885. The van der Waals surface area contributed by atoms with E-state index in [9.17, 15) is 4.79 Å². The van der Waals surface area contributed by atoms with E-state index >= 15 is 0 Å². The quantitative estimate of drug-likeness (QED) is 0.741. The fourth-order valence-electron chi connectivity index (χ4n) is 4.13. The fraction of sp³-hybridized carbons (Fsp3) is 0.938. The first kappa shape index (κ1) is 15.3. The Balaban J connectivity index is 1.62. The fourth-order valence-corrected chi connectivity index (χ4v) is 4.13. The Morgan fingerprint density at radius 2 is 1.76 bits per heavy atom. The van der Waals surface area contributed by atoms with Crippen molar-refractivity contribution in [1.82, 2.24) is 15.5 Å². The van der Waals surface area contributed by atoms with Crippen LogP contribution in [-0.2, 0) is 9.53 Å². The van der Waals surface area contributed by atoms with Gasteiger partial charge >= 0.3 is 5.97 Å². The van der Waals surface area contributed by atoms with Crippen LogP contribution < -0.4 is 10.6 Å². The normalized spacial score (nSPS) is 37.5. The van der Waals surface area contributed by atoms with Crippen molar-refractivity contribution in [2.45, 2.75) is 76.2 Å². The van der Waals surface area contributed by atoms with E-state index in [0.717, 1.165) is 32.5 Å². The Kier molecular flexibility index (Phi) is 4.26. The average molecular weight is 295 g/mol. The van der Waals surface area contributed by atoms with Gasteiger partial charge in [-0.3, -0.25) is 9.69 Å². The molecule has 4 atom stereocenters. The largest absolute Gasteiger partial charge is 0.459 e. The molecule has 0 spiro atoms. The highest BCUT2D eigenvalue weighted by Crippen LogP contribution is 2.32. The molecule has 5 nitrogen and oxygen atoms in total. The number of nitrogens with zero attached hydrogens (tertiary/aromatic N) is 1. The molecule has 0 radical (unpaired) electrons. The van der Waals surface area contributed by atoms with Gasteiger partial charge in [0.15, 0.2) is 0 Å². The summed E-state index contributed by atoms with van der Waals surface area (Å²) in [6.07, 6.45) is 4.64. The number of carbonyl (C=O) groups excluding carboxylic acids is 1. The van der Waals surface area contributed by atoms with E-state index in [1.807, 2.05) is 20.8 Å². The lowest BCUT2D eigenvalue weighted by Crippen LogP contribution is -2.60. The minimum absolute atomic E-state index is 0.0883. The second-order valence-corrected chi connectivity index (χ2v) is 7.71. The Morgan fingerprint density at radius 3 is 2.38 bits per heavy atom. The Morgan fingerprint density at radius 1 is 1.10 bits per heavy atom. The van der Waals surface area contributed by atoms with Crippen molar-refractivity contribution in [3.05, 3.63) is 0 Å². The molecule has 21 heavy (non-hydrogen) atoms. The first-order valence-electron chi connectivity index (χ1n) is 8.38. The topological polar surface area (TPSA) is 53.6 Å². The highest BCUT2D eigenvalue weighted by molar-refractivity contribution is 5.76. The lowest BCUT2D eigenvalue weighted by Gasteiger charge is -2.44. The Bertz CT molecular complexity index is 377. The molecule has 3 saturated heterocycles. The summed E-state index contributed by atoms with van der Waals surface area (Å²) in [6, 6.07) is 1.73. The second kappa shape index (κ2) is 5.86. The van der Waals surface area contributed by atoms with E-state index in [0.29, 0.717) is 18.1 Å². The number of hydrogen-bond acceptors (Lipinski definition) is 5. The number of carbonyl (C=O) groups is 1. The van der Waals surface area contributed by atoms with Gasteiger partial charge in [0.05, 0.1) is 0 Å². The Hall–Kier alpha value is -0.650. The van der Waals surface area contributed by atoms with Gasteiger partial charge in [-0.05, 0) is 53.0 Å². The van der Waals surface area contributed by atoms with Gasteiger partial charge in [-0.2, -0.15) is 0 Å². The minimum Gasteiger partial charge on any atom is -0.459 e. The molecular weight excluding hydrogens is 266 g/mol. The number of esters is 1. The SMILES string of the molecule is CC(C)(C)OC(=O)[C@@H]1C[C@@H](N2[C@H]3CC[C@H]2CNC3)CCN1. The third kappa shape index (κ3) is 3.41. The van der Waals surface area contributed by atoms with Crippen LogP contribution in [0.25, 0.3) is 0 Å². The number of rotatable bonds is 2. The van der Waals surface area contributed by atoms with E-state index in [1.165, 1.54) is 12.8 Å². The van der Waals surface area contributed by atoms with Gasteiger partial charge in [-0.25, -0.2) is 0 Å². The predicted molar refractivity (Wildman–Crippen MR) is 82.2 cm³/mol. The smallest absolute Gasteiger partial charge is 0.323 e. The summed E-state index contributed by atoms with van der Waals surface area (Å²) in [5.74, 6) is -0.0883. The highest BCUT2D eigenvalue weighted by Gasteiger charge is 2.43. The molecule has 120 valence electrons. The first-order valence-corrected chi connectivity index (χ1v) is 8.38. The van der Waals surface area contributed by atoms with Gasteiger partial charge in [-0.15, -0.1) is 0 Å². The molecule has 0 aliphatic carbocycles. The van der Waals surface area contributed by atoms with Crippen LogP contribution in [-0.4, -0.2) is 60.3 Å². The zero-order valence-corrected chi connectivity index (χ0v) is 13.5. The lowest BCUT2D eigenvalue weighted by molar-refractivity contribution is -0.158. The molecule has 0 amide bonds. The first-order chi connectivity index (χ1) is 9.94. The summed E-state index contributed by atoms with van der Waals surface area (Å²) in [6.45, 7) is 8.93. The molecule has 3 aliphatic heterocycles. The van der Waals surface area contributed by atoms with E-state index in [1.54, 1.807) is 0 Å². The highest BCUT2D eigenvalue weighted by atomic mass is 16.6. The third-order valence-electron chi connectivity index (χ3n) is 4.93. The van der Waals surface area contributed by atoms with Crippen molar-refractivity contribution in [1.29, 1.82) is 0 Å². The van der Waals surface area contributed by atoms with Crippen LogP contribution in [0.2, 0.25) is 0 Å². The van der Waals surface area contributed by atoms with Crippen molar-refractivity contribution in [2.75, 3.05) is 19.6 Å². The monoisotopic (exact) mass is 295 g/mol. The van der Waals surface area contributed by atoms with Crippen LogP contribution in [0, 0.1) is 0 Å². The van der Waals surface area contributed by atoms with Crippen molar-refractivity contribution >= 4 is 5.97 Å². The number of piperidine rings is 1. The van der Waals surface area contributed by atoms with Gasteiger partial charge in [0.25, 0.3) is 0 Å². The third-order valence-corrected chi connectivity index (χ3v) is 4.93. The average Bonchev–Trinajstić information content (AvgIpc) is 2.67. The minimum atomic E-state index is -0.403. The van der Waals surface area contributed by atoms with Gasteiger partial charge in [0.1, 0.15) is 11.6 Å². The molecule has 3 heterocycles. The second-order valence-electron chi connectivity index (χ2n) is 7.71. The van der Waals surface area contributed by atoms with Crippen molar-refractivity contribution in [3.8, 4) is 0 Å². The standard InChI is InChI=1S/C16H29N3O2/c1-16(2,3)21-15(20)14-8-11(6-7-18-14)19-12-4-5-13(19)10-17-9-12/h11-14,17-18H,4-10H2,1-3H3/t11-,12-,13-,14-/m0/s1. The molecule has 2 bridgehead atoms. The van der Waals surface area contributed by atoms with Crippen molar-refractivity contribution in [2.24, 2.45) is 0 Å². The van der Waals surface area contributed by atoms with Crippen LogP contribution in [0.4, 0.5) is 0 Å². The van der Waals surface area contributed by atoms with Gasteiger partial charge < -0.3 is 15.4 Å². The molecule has 0 aromatic rings. The summed E-state index contributed by atoms with van der Waals surface area (Å²) in [7, 11) is 0. The number of ether oxygens (including phenoxy) is 1. The number of piperazine rings is 1. The summed E-state index contributed by atoms with van der Waals surface area (Å²) >= 11 is 0. The van der Waals surface area contributed by atoms with Crippen LogP contribution in [0.5, 0.6) is 0 Å². The molecule has 2 N–H and O–H groups in total. The molecule has 0 aromatic heterocycles. The summed E-state index contributed by atoms with van der Waals surface area (Å²) in [5.41, 5.74) is -0.403. The molecule has 0 saturated carbocycles. The van der Waals surface area contributed by atoms with Crippen molar-refractivity contribution < 1.29 is 9.53 Å². The van der Waals surface area contributed by atoms with E-state index in [-0.39, 0.29) is 12.0 Å². The van der Waals surface area contributed by atoms with Crippen LogP contribution in [0.3, 0.4) is 0 Å². The summed E-state index contributed by atoms with van der Waals surface area (Å²) in [5, 5.41) is 6.88. The van der Waals surface area contributed by atoms with Gasteiger partial charge in [0.2, 0.25) is 0 Å². The van der Waals surface area contributed by atoms with Crippen molar-refractivity contribution in [3.63, 3.8) is 0 Å². The molecule has 0 aromatic carbocycles. The van der Waals surface area contributed by atoms with E-state index in [4.69, 9.17) is 4.74 Å². The number of nitrogens with one attached hydrogen (secondary N) is 2. The molecule has 3 rings (SSSR count).